The lowest BCUT2D eigenvalue weighted by molar-refractivity contribution is 0.0999. The molecule has 1 rings (SSSR count). The molecule has 0 atom stereocenters. The summed E-state index contributed by atoms with van der Waals surface area (Å²) in [6, 6.07) is 3.77. The summed E-state index contributed by atoms with van der Waals surface area (Å²) in [5.74, 6) is -0.377. The minimum atomic E-state index is -0.377. The van der Waals surface area contributed by atoms with E-state index < -0.39 is 0 Å². The summed E-state index contributed by atoms with van der Waals surface area (Å²) in [5.41, 5.74) is 6.72. The normalized spacial score (nSPS) is 9.92. The molecule has 4 heteroatoms. The van der Waals surface area contributed by atoms with Crippen LogP contribution in [-0.4, -0.2) is 5.91 Å². The standard InChI is InChI=1S/C8H7BrINO/c1-4-5(9)2-3-6(10)7(4)8(11)12/h2-3H,1H3,(H2,11,12). The minimum absolute atomic E-state index is 0.377. The molecule has 12 heavy (non-hydrogen) atoms. The van der Waals surface area contributed by atoms with Crippen LogP contribution in [0.4, 0.5) is 0 Å². The van der Waals surface area contributed by atoms with Gasteiger partial charge in [-0.3, -0.25) is 4.79 Å². The number of amides is 1. The molecule has 0 aliphatic heterocycles. The molecule has 1 aromatic rings. The summed E-state index contributed by atoms with van der Waals surface area (Å²) in [7, 11) is 0. The summed E-state index contributed by atoms with van der Waals surface area (Å²) in [5, 5.41) is 0. The second-order valence-corrected chi connectivity index (χ2v) is 4.41. The molecule has 2 nitrogen and oxygen atoms in total. The molecule has 0 unspecified atom stereocenters. The van der Waals surface area contributed by atoms with E-state index in [1.54, 1.807) is 0 Å². The smallest absolute Gasteiger partial charge is 0.250 e. The molecule has 0 bridgehead atoms. The second kappa shape index (κ2) is 3.74. The Morgan fingerprint density at radius 3 is 2.58 bits per heavy atom. The van der Waals surface area contributed by atoms with Crippen LogP contribution in [0.5, 0.6) is 0 Å². The van der Waals surface area contributed by atoms with Crippen molar-refractivity contribution in [2.45, 2.75) is 6.92 Å². The van der Waals surface area contributed by atoms with Gasteiger partial charge < -0.3 is 5.73 Å². The summed E-state index contributed by atoms with van der Waals surface area (Å²) < 4.78 is 1.80. The fraction of sp³-hybridized carbons (Fsp3) is 0.125. The first-order valence-corrected chi connectivity index (χ1v) is 5.15. The molecule has 1 amide bonds. The molecule has 0 saturated heterocycles. The lowest BCUT2D eigenvalue weighted by Gasteiger charge is -2.05. The van der Waals surface area contributed by atoms with Gasteiger partial charge in [-0.15, -0.1) is 0 Å². The number of rotatable bonds is 1. The molecule has 2 N–H and O–H groups in total. The Labute approximate surface area is 92.8 Å². The number of benzene rings is 1. The average Bonchev–Trinajstić information content (AvgIpc) is 1.97. The van der Waals surface area contributed by atoms with Crippen LogP contribution < -0.4 is 5.73 Å². The number of hydrogen-bond acceptors (Lipinski definition) is 1. The van der Waals surface area contributed by atoms with Crippen LogP contribution in [0.1, 0.15) is 15.9 Å². The Morgan fingerprint density at radius 1 is 1.58 bits per heavy atom. The van der Waals surface area contributed by atoms with E-state index in [0.29, 0.717) is 5.56 Å². The zero-order chi connectivity index (χ0) is 9.30. The van der Waals surface area contributed by atoms with E-state index in [1.165, 1.54) is 0 Å². The van der Waals surface area contributed by atoms with E-state index in [4.69, 9.17) is 5.73 Å². The molecular weight excluding hydrogens is 333 g/mol. The van der Waals surface area contributed by atoms with Crippen LogP contribution in [0.2, 0.25) is 0 Å². The van der Waals surface area contributed by atoms with Crippen LogP contribution in [0, 0.1) is 10.5 Å². The number of halogens is 2. The minimum Gasteiger partial charge on any atom is -0.366 e. The molecule has 0 radical (unpaired) electrons. The molecule has 0 spiro atoms. The van der Waals surface area contributed by atoms with E-state index in [2.05, 4.69) is 38.5 Å². The third-order valence-electron chi connectivity index (χ3n) is 1.59. The highest BCUT2D eigenvalue weighted by Gasteiger charge is 2.11. The maximum Gasteiger partial charge on any atom is 0.250 e. The van der Waals surface area contributed by atoms with Crippen LogP contribution >= 0.6 is 38.5 Å². The predicted molar refractivity (Wildman–Crippen MR) is 60.1 cm³/mol. The second-order valence-electron chi connectivity index (χ2n) is 2.39. The van der Waals surface area contributed by atoms with E-state index in [-0.39, 0.29) is 5.91 Å². The molecule has 1 aromatic carbocycles. The van der Waals surface area contributed by atoms with Crippen molar-refractivity contribution in [1.82, 2.24) is 0 Å². The van der Waals surface area contributed by atoms with Gasteiger partial charge in [-0.1, -0.05) is 15.9 Å². The summed E-state index contributed by atoms with van der Waals surface area (Å²) >= 11 is 5.43. The SMILES string of the molecule is Cc1c(Br)ccc(I)c1C(N)=O. The molecule has 0 heterocycles. The Hall–Kier alpha value is -0.100. The maximum absolute atomic E-state index is 11.0. The van der Waals surface area contributed by atoms with Gasteiger partial charge in [-0.25, -0.2) is 0 Å². The lowest BCUT2D eigenvalue weighted by Crippen LogP contribution is -2.14. The number of primary amides is 1. The first-order valence-electron chi connectivity index (χ1n) is 3.28. The van der Waals surface area contributed by atoms with Gasteiger partial charge in [-0.05, 0) is 47.2 Å². The first kappa shape index (κ1) is 9.98. The average molecular weight is 340 g/mol. The van der Waals surface area contributed by atoms with Gasteiger partial charge in [0.2, 0.25) is 5.91 Å². The van der Waals surface area contributed by atoms with E-state index >= 15 is 0 Å². The topological polar surface area (TPSA) is 43.1 Å². The van der Waals surface area contributed by atoms with Gasteiger partial charge in [0.1, 0.15) is 0 Å². The summed E-state index contributed by atoms with van der Waals surface area (Å²) in [6.07, 6.45) is 0. The highest BCUT2D eigenvalue weighted by Crippen LogP contribution is 2.23. The van der Waals surface area contributed by atoms with Crippen molar-refractivity contribution < 1.29 is 4.79 Å². The van der Waals surface area contributed by atoms with Crippen LogP contribution in [0.15, 0.2) is 16.6 Å². The molecule has 0 fully saturated rings. The lowest BCUT2D eigenvalue weighted by atomic mass is 10.1. The van der Waals surface area contributed by atoms with Crippen molar-refractivity contribution in [3.63, 3.8) is 0 Å². The van der Waals surface area contributed by atoms with Gasteiger partial charge in [0.25, 0.3) is 0 Å². The van der Waals surface area contributed by atoms with Gasteiger partial charge in [0.05, 0.1) is 5.56 Å². The van der Waals surface area contributed by atoms with Gasteiger partial charge >= 0.3 is 0 Å². The zero-order valence-corrected chi connectivity index (χ0v) is 10.1. The predicted octanol–water partition coefficient (Wildman–Crippen LogP) is 2.46. The van der Waals surface area contributed by atoms with Crippen LogP contribution in [-0.2, 0) is 0 Å². The fourth-order valence-electron chi connectivity index (χ4n) is 0.956. The zero-order valence-electron chi connectivity index (χ0n) is 6.40. The third-order valence-corrected chi connectivity index (χ3v) is 3.35. The van der Waals surface area contributed by atoms with Crippen molar-refractivity contribution in [2.24, 2.45) is 5.73 Å². The van der Waals surface area contributed by atoms with Crippen molar-refractivity contribution >= 4 is 44.4 Å². The number of carbonyl (C=O) groups excluding carboxylic acids is 1. The Kier molecular flexibility index (Phi) is 3.11. The van der Waals surface area contributed by atoms with E-state index in [1.807, 2.05) is 19.1 Å². The summed E-state index contributed by atoms with van der Waals surface area (Å²) in [6.45, 7) is 1.87. The highest BCUT2D eigenvalue weighted by atomic mass is 127. The van der Waals surface area contributed by atoms with Crippen LogP contribution in [0.25, 0.3) is 0 Å². The van der Waals surface area contributed by atoms with Crippen LogP contribution in [0.3, 0.4) is 0 Å². The molecular formula is C8H7BrINO. The van der Waals surface area contributed by atoms with Gasteiger partial charge in [0.15, 0.2) is 0 Å². The quantitative estimate of drug-likeness (QED) is 0.785. The Morgan fingerprint density at radius 2 is 2.17 bits per heavy atom. The number of hydrogen-bond donors (Lipinski definition) is 1. The van der Waals surface area contributed by atoms with E-state index in [9.17, 15) is 4.79 Å². The summed E-state index contributed by atoms with van der Waals surface area (Å²) in [4.78, 5) is 11.0. The number of carbonyl (C=O) groups is 1. The fourth-order valence-corrected chi connectivity index (χ4v) is 2.14. The Bertz CT molecular complexity index is 338. The number of nitrogens with two attached hydrogens (primary N) is 1. The third kappa shape index (κ3) is 1.80. The van der Waals surface area contributed by atoms with Crippen molar-refractivity contribution in [1.29, 1.82) is 0 Å². The molecule has 64 valence electrons. The van der Waals surface area contributed by atoms with Crippen molar-refractivity contribution in [3.8, 4) is 0 Å². The van der Waals surface area contributed by atoms with Gasteiger partial charge in [0, 0.05) is 8.04 Å². The first-order chi connectivity index (χ1) is 5.54. The molecule has 0 saturated carbocycles. The van der Waals surface area contributed by atoms with E-state index in [0.717, 1.165) is 13.6 Å². The van der Waals surface area contributed by atoms with Crippen molar-refractivity contribution in [3.05, 3.63) is 31.3 Å². The highest BCUT2D eigenvalue weighted by molar-refractivity contribution is 14.1. The monoisotopic (exact) mass is 339 g/mol. The molecule has 0 aromatic heterocycles. The largest absolute Gasteiger partial charge is 0.366 e. The molecule has 0 aliphatic carbocycles. The molecule has 0 aliphatic rings. The maximum atomic E-state index is 11.0. The Balaban J connectivity index is 3.43. The van der Waals surface area contributed by atoms with Gasteiger partial charge in [-0.2, -0.15) is 0 Å². The van der Waals surface area contributed by atoms with Crippen molar-refractivity contribution in [2.75, 3.05) is 0 Å².